The van der Waals surface area contributed by atoms with Gasteiger partial charge in [-0.25, -0.2) is 4.79 Å². The summed E-state index contributed by atoms with van der Waals surface area (Å²) in [5.74, 6) is -0.873. The van der Waals surface area contributed by atoms with Gasteiger partial charge in [0.25, 0.3) is 0 Å². The molecule has 120 valence electrons. The zero-order chi connectivity index (χ0) is 16.7. The highest BCUT2D eigenvalue weighted by Crippen LogP contribution is 2.20. The average molecular weight is 297 g/mol. The van der Waals surface area contributed by atoms with Crippen LogP contribution in [0.15, 0.2) is 17.8 Å². The first-order valence-electron chi connectivity index (χ1n) is 7.10. The van der Waals surface area contributed by atoms with E-state index >= 15 is 0 Å². The van der Waals surface area contributed by atoms with Gasteiger partial charge in [-0.1, -0.05) is 26.8 Å². The van der Waals surface area contributed by atoms with E-state index in [1.165, 1.54) is 0 Å². The van der Waals surface area contributed by atoms with Gasteiger partial charge in [0.1, 0.15) is 6.04 Å². The quantitative estimate of drug-likeness (QED) is 0.430. The number of hydrogen-bond acceptors (Lipinski definition) is 3. The third kappa shape index (κ3) is 7.58. The number of carbonyl (C=O) groups is 2. The highest BCUT2D eigenvalue weighted by atomic mass is 16.3. The average Bonchev–Trinajstić information content (AvgIpc) is 2.33. The van der Waals surface area contributed by atoms with Crippen molar-refractivity contribution in [3.05, 3.63) is 17.6 Å². The molecule has 21 heavy (non-hydrogen) atoms. The lowest BCUT2D eigenvalue weighted by Crippen LogP contribution is -2.55. The van der Waals surface area contributed by atoms with Gasteiger partial charge < -0.3 is 10.6 Å². The van der Waals surface area contributed by atoms with Crippen LogP contribution >= 0.6 is 0 Å². The number of hydrogen-bond donors (Lipinski definition) is 2. The monoisotopic (exact) mass is 297 g/mol. The molecule has 3 amide bonds. The SMILES string of the molecule is C=CCCCC(C)(C)NC(=O)N[C@H](C(=O)N=O)C(C)(C)C. The Balaban J connectivity index is 4.67. The number of allylic oxidation sites excluding steroid dienone is 1. The highest BCUT2D eigenvalue weighted by Gasteiger charge is 2.34. The zero-order valence-electron chi connectivity index (χ0n) is 13.7. The lowest BCUT2D eigenvalue weighted by atomic mass is 9.86. The minimum Gasteiger partial charge on any atom is -0.333 e. The molecule has 1 atom stereocenters. The zero-order valence-corrected chi connectivity index (χ0v) is 13.7. The van der Waals surface area contributed by atoms with Crippen LogP contribution in [0, 0.1) is 10.3 Å². The third-order valence-electron chi connectivity index (χ3n) is 3.14. The first-order valence-corrected chi connectivity index (χ1v) is 7.10. The van der Waals surface area contributed by atoms with Gasteiger partial charge in [-0.05, 0) is 38.5 Å². The van der Waals surface area contributed by atoms with Crippen LogP contribution in [0.4, 0.5) is 4.79 Å². The summed E-state index contributed by atoms with van der Waals surface area (Å²) in [6.45, 7) is 12.7. The maximum Gasteiger partial charge on any atom is 0.315 e. The second kappa shape index (κ2) is 7.90. The molecule has 0 spiro atoms. The van der Waals surface area contributed by atoms with E-state index in [0.717, 1.165) is 19.3 Å². The molecule has 0 bridgehead atoms. The fraction of sp³-hybridized carbons (Fsp3) is 0.733. The summed E-state index contributed by atoms with van der Waals surface area (Å²) in [6.07, 6.45) is 4.41. The van der Waals surface area contributed by atoms with Crippen molar-refractivity contribution in [2.24, 2.45) is 10.6 Å². The summed E-state index contributed by atoms with van der Waals surface area (Å²) in [6, 6.07) is -1.42. The van der Waals surface area contributed by atoms with Gasteiger partial charge in [-0.15, -0.1) is 11.5 Å². The van der Waals surface area contributed by atoms with E-state index in [0.29, 0.717) is 0 Å². The second-order valence-electron chi connectivity index (χ2n) is 6.89. The van der Waals surface area contributed by atoms with Gasteiger partial charge in [0, 0.05) is 10.7 Å². The van der Waals surface area contributed by atoms with Crippen molar-refractivity contribution in [2.45, 2.75) is 65.5 Å². The van der Waals surface area contributed by atoms with Gasteiger partial charge in [0.05, 0.1) is 0 Å². The summed E-state index contributed by atoms with van der Waals surface area (Å²) in [5, 5.41) is 7.78. The minimum atomic E-state index is -0.945. The molecule has 0 unspecified atom stereocenters. The largest absolute Gasteiger partial charge is 0.333 e. The smallest absolute Gasteiger partial charge is 0.315 e. The Morgan fingerprint density at radius 3 is 2.24 bits per heavy atom. The van der Waals surface area contributed by atoms with Gasteiger partial charge >= 0.3 is 11.9 Å². The van der Waals surface area contributed by atoms with E-state index in [-0.39, 0.29) is 0 Å². The van der Waals surface area contributed by atoms with Crippen molar-refractivity contribution in [1.82, 2.24) is 10.6 Å². The molecule has 0 radical (unpaired) electrons. The molecular weight excluding hydrogens is 270 g/mol. The van der Waals surface area contributed by atoms with E-state index in [4.69, 9.17) is 0 Å². The Kier molecular flexibility index (Phi) is 7.26. The molecule has 0 saturated carbocycles. The highest BCUT2D eigenvalue weighted by molar-refractivity contribution is 5.88. The Labute approximate surface area is 126 Å². The standard InChI is InChI=1S/C15H27N3O3/c1-7-8-9-10-15(5,6)17-13(20)16-11(12(19)18-21)14(2,3)4/h7,11H,1,8-10H2,2-6H3,(H2,16,17,20)/t11-/m1/s1. The maximum absolute atomic E-state index is 12.0. The van der Waals surface area contributed by atoms with Crippen molar-refractivity contribution in [2.75, 3.05) is 0 Å². The number of nitrogens with zero attached hydrogens (tertiary/aromatic N) is 1. The second-order valence-corrected chi connectivity index (χ2v) is 6.89. The van der Waals surface area contributed by atoms with Crippen LogP contribution in [0.2, 0.25) is 0 Å². The topological polar surface area (TPSA) is 87.6 Å². The molecule has 0 heterocycles. The van der Waals surface area contributed by atoms with Crippen molar-refractivity contribution >= 4 is 11.9 Å². The fourth-order valence-corrected chi connectivity index (χ4v) is 1.93. The molecule has 0 aromatic carbocycles. The molecule has 0 aromatic heterocycles. The molecule has 0 fully saturated rings. The lowest BCUT2D eigenvalue weighted by Gasteiger charge is -2.31. The molecule has 6 heteroatoms. The number of rotatable bonds is 7. The number of nitroso groups, excluding NO2 is 1. The molecule has 2 N–H and O–H groups in total. The number of unbranched alkanes of at least 4 members (excludes halogenated alkanes) is 1. The van der Waals surface area contributed by atoms with Crippen LogP contribution in [0.25, 0.3) is 0 Å². The molecule has 0 aliphatic rings. The van der Waals surface area contributed by atoms with Gasteiger partial charge in [0.2, 0.25) is 0 Å². The Bertz CT molecular complexity index is 397. The first kappa shape index (κ1) is 19.3. The van der Waals surface area contributed by atoms with Crippen molar-refractivity contribution in [1.29, 1.82) is 0 Å². The van der Waals surface area contributed by atoms with Crippen molar-refractivity contribution in [3.8, 4) is 0 Å². The van der Waals surface area contributed by atoms with E-state index in [9.17, 15) is 14.5 Å². The van der Waals surface area contributed by atoms with Crippen LogP contribution in [0.3, 0.4) is 0 Å². The number of nitrogens with one attached hydrogen (secondary N) is 2. The molecule has 6 nitrogen and oxygen atoms in total. The van der Waals surface area contributed by atoms with Crippen LogP contribution < -0.4 is 10.6 Å². The molecular formula is C15H27N3O3. The molecule has 0 saturated heterocycles. The van der Waals surface area contributed by atoms with Crippen molar-refractivity contribution < 1.29 is 9.59 Å². The predicted octanol–water partition coefficient (Wildman–Crippen LogP) is 3.13. The maximum atomic E-state index is 12.0. The number of amides is 3. The van der Waals surface area contributed by atoms with Crippen LogP contribution in [0.5, 0.6) is 0 Å². The lowest BCUT2D eigenvalue weighted by molar-refractivity contribution is -0.122. The molecule has 0 aliphatic carbocycles. The Hall–Kier alpha value is -1.72. The van der Waals surface area contributed by atoms with Crippen molar-refractivity contribution in [3.63, 3.8) is 0 Å². The van der Waals surface area contributed by atoms with Gasteiger partial charge in [-0.3, -0.25) is 4.79 Å². The normalized spacial score (nSPS) is 13.2. The molecule has 0 aromatic rings. The van der Waals surface area contributed by atoms with Crippen LogP contribution in [-0.2, 0) is 4.79 Å². The molecule has 0 aliphatic heterocycles. The Morgan fingerprint density at radius 1 is 1.24 bits per heavy atom. The minimum absolute atomic E-state index is 0.410. The van der Waals surface area contributed by atoms with Crippen LogP contribution in [0.1, 0.15) is 53.9 Å². The fourth-order valence-electron chi connectivity index (χ4n) is 1.93. The van der Waals surface area contributed by atoms with E-state index in [1.54, 1.807) is 20.8 Å². The van der Waals surface area contributed by atoms with Gasteiger partial charge in [-0.2, -0.15) is 0 Å². The summed E-state index contributed by atoms with van der Waals surface area (Å²) in [4.78, 5) is 34.0. The summed E-state index contributed by atoms with van der Waals surface area (Å²) < 4.78 is 0. The van der Waals surface area contributed by atoms with E-state index < -0.39 is 28.9 Å². The number of urea groups is 1. The Morgan fingerprint density at radius 2 is 1.81 bits per heavy atom. The van der Waals surface area contributed by atoms with E-state index in [1.807, 2.05) is 19.9 Å². The molecule has 0 rings (SSSR count). The van der Waals surface area contributed by atoms with E-state index in [2.05, 4.69) is 22.4 Å². The third-order valence-corrected chi connectivity index (χ3v) is 3.14. The van der Waals surface area contributed by atoms with Crippen LogP contribution in [-0.4, -0.2) is 23.5 Å². The summed E-state index contributed by atoms with van der Waals surface area (Å²) >= 11 is 0. The predicted molar refractivity (Wildman–Crippen MR) is 83.8 cm³/mol. The summed E-state index contributed by atoms with van der Waals surface area (Å²) in [7, 11) is 0. The van der Waals surface area contributed by atoms with Gasteiger partial charge in [0.15, 0.2) is 0 Å². The summed E-state index contributed by atoms with van der Waals surface area (Å²) in [5.41, 5.74) is -0.998. The number of carbonyl (C=O) groups excluding carboxylic acids is 2. The first-order chi connectivity index (χ1) is 9.53.